The van der Waals surface area contributed by atoms with E-state index in [1.54, 1.807) is 6.08 Å². The van der Waals surface area contributed by atoms with Gasteiger partial charge in [0.2, 0.25) is 11.7 Å². The highest BCUT2D eigenvalue weighted by Crippen LogP contribution is 2.41. The van der Waals surface area contributed by atoms with Gasteiger partial charge in [-0.1, -0.05) is 11.6 Å². The number of benzene rings is 1. The van der Waals surface area contributed by atoms with Crippen LogP contribution in [0.25, 0.3) is 6.08 Å². The zero-order chi connectivity index (χ0) is 15.6. The average Bonchev–Trinajstić information content (AvgIpc) is 2.60. The van der Waals surface area contributed by atoms with Crippen LogP contribution in [0.4, 0.5) is 5.69 Å². The standard InChI is InChI=1S/C14H15ClN2O4/c1-8(18)16-9-4-3-5-10-11(6-9)12(15)7-13(17(19)20)14(10)21-2/h6-7H,3-5H2,1-2H3,(H,16,18). The second-order valence-electron chi connectivity index (χ2n) is 4.76. The van der Waals surface area contributed by atoms with E-state index in [4.69, 9.17) is 16.3 Å². The van der Waals surface area contributed by atoms with Crippen molar-refractivity contribution < 1.29 is 14.5 Å². The summed E-state index contributed by atoms with van der Waals surface area (Å²) in [5.41, 5.74) is 1.98. The van der Waals surface area contributed by atoms with E-state index in [0.717, 1.165) is 12.1 Å². The number of hydrogen-bond acceptors (Lipinski definition) is 4. The fourth-order valence-electron chi connectivity index (χ4n) is 2.48. The number of nitro groups is 1. The van der Waals surface area contributed by atoms with Crippen LogP contribution in [-0.4, -0.2) is 17.9 Å². The number of fused-ring (bicyclic) bond motifs is 1. The van der Waals surface area contributed by atoms with Crippen LogP contribution in [0.15, 0.2) is 11.8 Å². The maximum absolute atomic E-state index is 11.2. The molecule has 1 amide bonds. The van der Waals surface area contributed by atoms with Crippen LogP contribution in [0.5, 0.6) is 5.75 Å². The number of amides is 1. The van der Waals surface area contributed by atoms with E-state index in [0.29, 0.717) is 24.0 Å². The minimum atomic E-state index is -0.506. The molecule has 21 heavy (non-hydrogen) atoms. The summed E-state index contributed by atoms with van der Waals surface area (Å²) >= 11 is 6.18. The van der Waals surface area contributed by atoms with Gasteiger partial charge in [0.15, 0.2) is 0 Å². The van der Waals surface area contributed by atoms with Crippen LogP contribution < -0.4 is 10.1 Å². The number of hydrogen-bond donors (Lipinski definition) is 1. The van der Waals surface area contributed by atoms with Crippen molar-refractivity contribution in [1.82, 2.24) is 5.32 Å². The van der Waals surface area contributed by atoms with E-state index in [2.05, 4.69) is 5.32 Å². The first-order chi connectivity index (χ1) is 9.93. The lowest BCUT2D eigenvalue weighted by Gasteiger charge is -2.12. The fourth-order valence-corrected chi connectivity index (χ4v) is 2.75. The normalized spacial score (nSPS) is 13.8. The summed E-state index contributed by atoms with van der Waals surface area (Å²) in [6, 6.07) is 1.28. The van der Waals surface area contributed by atoms with Gasteiger partial charge in [0, 0.05) is 29.8 Å². The van der Waals surface area contributed by atoms with Gasteiger partial charge in [0.05, 0.1) is 17.1 Å². The molecular weight excluding hydrogens is 296 g/mol. The molecule has 2 rings (SSSR count). The van der Waals surface area contributed by atoms with Gasteiger partial charge < -0.3 is 10.1 Å². The quantitative estimate of drug-likeness (QED) is 0.687. The van der Waals surface area contributed by atoms with Crippen LogP contribution in [0.3, 0.4) is 0 Å². The Labute approximate surface area is 126 Å². The maximum Gasteiger partial charge on any atom is 0.312 e. The summed E-state index contributed by atoms with van der Waals surface area (Å²) < 4.78 is 5.22. The van der Waals surface area contributed by atoms with E-state index in [1.807, 2.05) is 0 Å². The Bertz CT molecular complexity index is 640. The summed E-state index contributed by atoms with van der Waals surface area (Å²) in [5.74, 6) is 0.0782. The molecule has 0 bridgehead atoms. The molecule has 7 heteroatoms. The third-order valence-electron chi connectivity index (χ3n) is 3.28. The number of nitrogens with one attached hydrogen (secondary N) is 1. The topological polar surface area (TPSA) is 81.5 Å². The monoisotopic (exact) mass is 310 g/mol. The molecule has 0 aliphatic heterocycles. The largest absolute Gasteiger partial charge is 0.490 e. The predicted octanol–water partition coefficient (Wildman–Crippen LogP) is 3.07. The first kappa shape index (κ1) is 15.3. The zero-order valence-corrected chi connectivity index (χ0v) is 12.5. The molecule has 0 unspecified atom stereocenters. The summed E-state index contributed by atoms with van der Waals surface area (Å²) in [4.78, 5) is 21.8. The molecule has 6 nitrogen and oxygen atoms in total. The summed E-state index contributed by atoms with van der Waals surface area (Å²) in [5, 5.41) is 14.1. The molecule has 0 radical (unpaired) electrons. The Balaban J connectivity index is 2.61. The minimum Gasteiger partial charge on any atom is -0.490 e. The van der Waals surface area contributed by atoms with Crippen LogP contribution in [0, 0.1) is 10.1 Å². The lowest BCUT2D eigenvalue weighted by atomic mass is 10.0. The van der Waals surface area contributed by atoms with Gasteiger partial charge in [-0.3, -0.25) is 14.9 Å². The molecule has 0 aromatic heterocycles. The molecule has 0 fully saturated rings. The lowest BCUT2D eigenvalue weighted by molar-refractivity contribution is -0.385. The molecular formula is C14H15ClN2O4. The molecule has 1 aromatic carbocycles. The number of nitro benzene ring substituents is 1. The molecule has 0 saturated heterocycles. The number of ether oxygens (including phenoxy) is 1. The van der Waals surface area contributed by atoms with Crippen LogP contribution >= 0.6 is 11.6 Å². The number of halogens is 1. The van der Waals surface area contributed by atoms with Crippen molar-refractivity contribution in [2.75, 3.05) is 7.11 Å². The highest BCUT2D eigenvalue weighted by Gasteiger charge is 2.25. The van der Waals surface area contributed by atoms with Gasteiger partial charge >= 0.3 is 5.69 Å². The van der Waals surface area contributed by atoms with Crippen LogP contribution in [-0.2, 0) is 11.2 Å². The Morgan fingerprint density at radius 3 is 2.76 bits per heavy atom. The van der Waals surface area contributed by atoms with Crippen molar-refractivity contribution in [1.29, 1.82) is 0 Å². The first-order valence-corrected chi connectivity index (χ1v) is 6.83. The zero-order valence-electron chi connectivity index (χ0n) is 11.7. The molecule has 1 aliphatic carbocycles. The maximum atomic E-state index is 11.2. The van der Waals surface area contributed by atoms with Crippen LogP contribution in [0.1, 0.15) is 30.9 Å². The highest BCUT2D eigenvalue weighted by atomic mass is 35.5. The Kier molecular flexibility index (Phi) is 4.47. The third-order valence-corrected chi connectivity index (χ3v) is 3.59. The molecule has 112 valence electrons. The van der Waals surface area contributed by atoms with Crippen LogP contribution in [0.2, 0.25) is 5.02 Å². The van der Waals surface area contributed by atoms with Gasteiger partial charge in [0.25, 0.3) is 0 Å². The van der Waals surface area contributed by atoms with E-state index in [9.17, 15) is 14.9 Å². The smallest absolute Gasteiger partial charge is 0.312 e. The summed E-state index contributed by atoms with van der Waals surface area (Å²) in [7, 11) is 1.40. The van der Waals surface area contributed by atoms with Gasteiger partial charge in [-0.05, 0) is 25.3 Å². The predicted molar refractivity (Wildman–Crippen MR) is 79.4 cm³/mol. The fraction of sp³-hybridized carbons (Fsp3) is 0.357. The highest BCUT2D eigenvalue weighted by molar-refractivity contribution is 6.32. The van der Waals surface area contributed by atoms with Crippen molar-refractivity contribution >= 4 is 29.3 Å². The number of carbonyl (C=O) groups is 1. The summed E-state index contributed by atoms with van der Waals surface area (Å²) in [6.45, 7) is 1.44. The van der Waals surface area contributed by atoms with Crippen molar-refractivity contribution in [3.05, 3.63) is 38.0 Å². The van der Waals surface area contributed by atoms with E-state index in [-0.39, 0.29) is 22.4 Å². The Morgan fingerprint density at radius 1 is 1.48 bits per heavy atom. The van der Waals surface area contributed by atoms with Gasteiger partial charge in [-0.2, -0.15) is 0 Å². The van der Waals surface area contributed by atoms with E-state index in [1.165, 1.54) is 20.1 Å². The van der Waals surface area contributed by atoms with Gasteiger partial charge in [-0.15, -0.1) is 0 Å². The molecule has 0 heterocycles. The number of carbonyl (C=O) groups excluding carboxylic acids is 1. The number of rotatable bonds is 3. The SMILES string of the molecule is COc1c([N+](=O)[O-])cc(Cl)c2c1CCCC(NC(C)=O)=C2. The van der Waals surface area contributed by atoms with Crippen molar-refractivity contribution in [3.8, 4) is 5.75 Å². The molecule has 0 spiro atoms. The average molecular weight is 311 g/mol. The number of allylic oxidation sites excluding steroid dienone is 1. The lowest BCUT2D eigenvalue weighted by Crippen LogP contribution is -2.18. The number of methoxy groups -OCH3 is 1. The molecule has 1 aromatic rings. The molecule has 0 atom stereocenters. The first-order valence-electron chi connectivity index (χ1n) is 6.46. The van der Waals surface area contributed by atoms with Crippen molar-refractivity contribution in [2.24, 2.45) is 0 Å². The van der Waals surface area contributed by atoms with E-state index < -0.39 is 4.92 Å². The van der Waals surface area contributed by atoms with Gasteiger partial charge in [0.1, 0.15) is 0 Å². The minimum absolute atomic E-state index is 0.141. The summed E-state index contributed by atoms with van der Waals surface area (Å²) in [6.07, 6.45) is 3.77. The second kappa shape index (κ2) is 6.13. The van der Waals surface area contributed by atoms with Crippen molar-refractivity contribution in [2.45, 2.75) is 26.2 Å². The number of nitrogens with zero attached hydrogens (tertiary/aromatic N) is 1. The van der Waals surface area contributed by atoms with Gasteiger partial charge in [-0.25, -0.2) is 0 Å². The second-order valence-corrected chi connectivity index (χ2v) is 5.17. The Hall–Kier alpha value is -2.08. The molecule has 0 saturated carbocycles. The Morgan fingerprint density at radius 2 is 2.19 bits per heavy atom. The third kappa shape index (κ3) is 3.16. The molecule has 1 N–H and O–H groups in total. The molecule has 1 aliphatic rings. The van der Waals surface area contributed by atoms with E-state index >= 15 is 0 Å². The van der Waals surface area contributed by atoms with Crippen molar-refractivity contribution in [3.63, 3.8) is 0 Å².